The Bertz CT molecular complexity index is 525. The van der Waals surface area contributed by atoms with E-state index in [9.17, 15) is 8.78 Å². The largest absolute Gasteiger partial charge is 0.271 e. The number of nitrogens with one attached hydrogen (secondary N) is 1. The first-order valence-electron chi connectivity index (χ1n) is 5.13. The van der Waals surface area contributed by atoms with Crippen LogP contribution in [0.2, 0.25) is 0 Å². The first-order chi connectivity index (χ1) is 8.60. The van der Waals surface area contributed by atoms with E-state index >= 15 is 0 Å². The van der Waals surface area contributed by atoms with Gasteiger partial charge in [-0.1, -0.05) is 0 Å². The van der Waals surface area contributed by atoms with E-state index in [1.165, 1.54) is 12.1 Å². The van der Waals surface area contributed by atoms with Gasteiger partial charge in [0.15, 0.2) is 0 Å². The summed E-state index contributed by atoms with van der Waals surface area (Å²) in [5.41, 5.74) is 3.45. The highest BCUT2D eigenvalue weighted by Gasteiger charge is 2.15. The van der Waals surface area contributed by atoms with Gasteiger partial charge in [0, 0.05) is 16.7 Å². The van der Waals surface area contributed by atoms with E-state index in [4.69, 9.17) is 5.84 Å². The Morgan fingerprint density at radius 1 is 1.17 bits per heavy atom. The van der Waals surface area contributed by atoms with E-state index in [0.29, 0.717) is 11.3 Å². The number of halogens is 3. The lowest BCUT2D eigenvalue weighted by atomic mass is 10.0. The minimum atomic E-state index is -0.651. The molecule has 2 rings (SSSR count). The maximum atomic E-state index is 13.2. The summed E-state index contributed by atoms with van der Waals surface area (Å²) in [6.45, 7) is 0. The molecule has 1 unspecified atom stereocenters. The first kappa shape index (κ1) is 13.1. The molecule has 0 spiro atoms. The number of nitrogens with zero attached hydrogens (tertiary/aromatic N) is 1. The topological polar surface area (TPSA) is 50.9 Å². The molecule has 1 atom stereocenters. The normalized spacial score (nSPS) is 12.4. The Hall–Kier alpha value is -1.37. The van der Waals surface area contributed by atoms with Crippen LogP contribution in [0.1, 0.15) is 17.3 Å². The van der Waals surface area contributed by atoms with Crippen LogP contribution in [0.5, 0.6) is 0 Å². The van der Waals surface area contributed by atoms with Crippen molar-refractivity contribution >= 4 is 15.9 Å². The zero-order valence-electron chi connectivity index (χ0n) is 9.20. The zero-order chi connectivity index (χ0) is 13.1. The van der Waals surface area contributed by atoms with Crippen LogP contribution in [0.3, 0.4) is 0 Å². The molecule has 0 aliphatic rings. The van der Waals surface area contributed by atoms with Gasteiger partial charge in [0.2, 0.25) is 0 Å². The highest BCUT2D eigenvalue weighted by Crippen LogP contribution is 2.22. The number of hydrogen-bond donors (Lipinski definition) is 2. The fourth-order valence-electron chi connectivity index (χ4n) is 1.65. The van der Waals surface area contributed by atoms with E-state index < -0.39 is 17.7 Å². The van der Waals surface area contributed by atoms with E-state index in [2.05, 4.69) is 26.3 Å². The molecule has 1 aromatic carbocycles. The molecule has 0 saturated heterocycles. The molecule has 94 valence electrons. The molecule has 18 heavy (non-hydrogen) atoms. The third-order valence-corrected chi connectivity index (χ3v) is 2.90. The smallest absolute Gasteiger partial charge is 0.126 e. The number of pyridine rings is 1. The van der Waals surface area contributed by atoms with Gasteiger partial charge in [0.25, 0.3) is 0 Å². The maximum absolute atomic E-state index is 13.2. The lowest BCUT2D eigenvalue weighted by Gasteiger charge is -2.16. The van der Waals surface area contributed by atoms with Crippen LogP contribution in [0, 0.1) is 11.6 Å². The van der Waals surface area contributed by atoms with Crippen LogP contribution in [0.4, 0.5) is 8.78 Å². The van der Waals surface area contributed by atoms with E-state index in [-0.39, 0.29) is 0 Å². The van der Waals surface area contributed by atoms with Gasteiger partial charge >= 0.3 is 0 Å². The molecule has 0 amide bonds. The van der Waals surface area contributed by atoms with Crippen LogP contribution < -0.4 is 11.3 Å². The highest BCUT2D eigenvalue weighted by atomic mass is 79.9. The summed E-state index contributed by atoms with van der Waals surface area (Å²) in [6, 6.07) is 6.18. The third kappa shape index (κ3) is 2.90. The van der Waals surface area contributed by atoms with Crippen LogP contribution in [0.15, 0.2) is 41.0 Å². The molecule has 1 aromatic heterocycles. The summed E-state index contributed by atoms with van der Waals surface area (Å²) < 4.78 is 27.1. The Morgan fingerprint density at radius 3 is 2.33 bits per heavy atom. The molecular formula is C12H10BrF2N3. The van der Waals surface area contributed by atoms with Crippen molar-refractivity contribution < 1.29 is 8.78 Å². The first-order valence-corrected chi connectivity index (χ1v) is 5.93. The van der Waals surface area contributed by atoms with E-state index in [1.54, 1.807) is 18.3 Å². The second-order valence-corrected chi connectivity index (χ2v) is 4.62. The van der Waals surface area contributed by atoms with Crippen molar-refractivity contribution in [2.75, 3.05) is 0 Å². The molecule has 0 aliphatic carbocycles. The van der Waals surface area contributed by atoms with Crippen LogP contribution in [0.25, 0.3) is 0 Å². The van der Waals surface area contributed by atoms with Gasteiger partial charge in [0.05, 0.1) is 11.7 Å². The van der Waals surface area contributed by atoms with Crippen molar-refractivity contribution in [3.63, 3.8) is 0 Å². The Balaban J connectivity index is 2.41. The molecule has 2 aromatic rings. The SMILES string of the molecule is NNC(c1cc(F)cc(F)c1)c1ccc(Br)cn1. The summed E-state index contributed by atoms with van der Waals surface area (Å²) in [4.78, 5) is 4.15. The lowest BCUT2D eigenvalue weighted by Crippen LogP contribution is -2.29. The summed E-state index contributed by atoms with van der Waals surface area (Å²) in [6.07, 6.45) is 1.59. The molecule has 0 aliphatic heterocycles. The number of rotatable bonds is 3. The second kappa shape index (κ2) is 5.51. The predicted octanol–water partition coefficient (Wildman–Crippen LogP) is 2.68. The van der Waals surface area contributed by atoms with Crippen LogP contribution >= 0.6 is 15.9 Å². The Morgan fingerprint density at radius 2 is 1.83 bits per heavy atom. The summed E-state index contributed by atoms with van der Waals surface area (Å²) in [5, 5.41) is 0. The zero-order valence-corrected chi connectivity index (χ0v) is 10.8. The van der Waals surface area contributed by atoms with Gasteiger partial charge in [-0.05, 0) is 45.8 Å². The molecule has 0 bridgehead atoms. The quantitative estimate of drug-likeness (QED) is 0.676. The van der Waals surface area contributed by atoms with Crippen molar-refractivity contribution in [2.24, 2.45) is 5.84 Å². The molecule has 6 heteroatoms. The predicted molar refractivity (Wildman–Crippen MR) is 67.5 cm³/mol. The lowest BCUT2D eigenvalue weighted by molar-refractivity contribution is 0.563. The number of nitrogens with two attached hydrogens (primary N) is 1. The van der Waals surface area contributed by atoms with Crippen molar-refractivity contribution in [1.29, 1.82) is 0 Å². The minimum absolute atomic E-state index is 0.379. The van der Waals surface area contributed by atoms with Gasteiger partial charge in [0.1, 0.15) is 11.6 Å². The average molecular weight is 314 g/mol. The summed E-state index contributed by atoms with van der Waals surface area (Å²) in [7, 11) is 0. The van der Waals surface area contributed by atoms with Crippen LogP contribution in [-0.2, 0) is 0 Å². The molecule has 0 saturated carbocycles. The molecule has 0 radical (unpaired) electrons. The van der Waals surface area contributed by atoms with Crippen molar-refractivity contribution in [2.45, 2.75) is 6.04 Å². The summed E-state index contributed by atoms with van der Waals surface area (Å²) >= 11 is 3.26. The van der Waals surface area contributed by atoms with Crippen molar-refractivity contribution in [1.82, 2.24) is 10.4 Å². The Labute approximate surface area is 111 Å². The second-order valence-electron chi connectivity index (χ2n) is 3.70. The molecule has 1 heterocycles. The van der Waals surface area contributed by atoms with Crippen LogP contribution in [-0.4, -0.2) is 4.98 Å². The average Bonchev–Trinajstić information content (AvgIpc) is 2.31. The Kier molecular flexibility index (Phi) is 4.00. The highest BCUT2D eigenvalue weighted by molar-refractivity contribution is 9.10. The monoisotopic (exact) mass is 313 g/mol. The number of hydrazine groups is 1. The molecule has 3 nitrogen and oxygen atoms in total. The number of hydrogen-bond acceptors (Lipinski definition) is 3. The van der Waals surface area contributed by atoms with E-state index in [0.717, 1.165) is 10.5 Å². The summed E-state index contributed by atoms with van der Waals surface area (Å²) in [5.74, 6) is 4.13. The molecular weight excluding hydrogens is 304 g/mol. The van der Waals surface area contributed by atoms with Gasteiger partial charge < -0.3 is 0 Å². The van der Waals surface area contributed by atoms with E-state index in [1.807, 2.05) is 0 Å². The minimum Gasteiger partial charge on any atom is -0.271 e. The number of benzene rings is 1. The van der Waals surface area contributed by atoms with Crippen molar-refractivity contribution in [3.05, 3.63) is 63.9 Å². The van der Waals surface area contributed by atoms with Gasteiger partial charge in [-0.3, -0.25) is 10.8 Å². The molecule has 3 N–H and O–H groups in total. The van der Waals surface area contributed by atoms with Gasteiger partial charge in [-0.25, -0.2) is 14.2 Å². The van der Waals surface area contributed by atoms with Crippen molar-refractivity contribution in [3.8, 4) is 0 Å². The maximum Gasteiger partial charge on any atom is 0.126 e. The van der Waals surface area contributed by atoms with Gasteiger partial charge in [-0.15, -0.1) is 0 Å². The molecule has 0 fully saturated rings. The number of aromatic nitrogens is 1. The fourth-order valence-corrected chi connectivity index (χ4v) is 1.89. The van der Waals surface area contributed by atoms with Gasteiger partial charge in [-0.2, -0.15) is 0 Å². The third-order valence-electron chi connectivity index (χ3n) is 2.43. The standard InChI is InChI=1S/C12H10BrF2N3/c13-8-1-2-11(17-6-8)12(18-16)7-3-9(14)5-10(15)4-7/h1-6,12,18H,16H2. The fraction of sp³-hybridized carbons (Fsp3) is 0.0833.